The maximum Gasteiger partial charge on any atom is 0.308 e. The van der Waals surface area contributed by atoms with E-state index in [-0.39, 0.29) is 49.6 Å². The third kappa shape index (κ3) is 8.91. The predicted molar refractivity (Wildman–Crippen MR) is 129 cm³/mol. The molecule has 2 unspecified atom stereocenters. The molecule has 1 aromatic rings. The summed E-state index contributed by atoms with van der Waals surface area (Å²) in [5.74, 6) is -1.87. The Balaban J connectivity index is 1.39. The average molecular weight is 506 g/mol. The summed E-state index contributed by atoms with van der Waals surface area (Å²) < 4.78 is 15.9. The van der Waals surface area contributed by atoms with Gasteiger partial charge in [0.25, 0.3) is 0 Å². The van der Waals surface area contributed by atoms with Crippen LogP contribution in [0.4, 0.5) is 0 Å². The summed E-state index contributed by atoms with van der Waals surface area (Å²) in [6, 6.07) is 8.73. The first-order valence-electron chi connectivity index (χ1n) is 11.8. The van der Waals surface area contributed by atoms with Gasteiger partial charge in [-0.15, -0.1) is 0 Å². The zero-order valence-corrected chi connectivity index (χ0v) is 20.3. The number of nitrogens with zero attached hydrogens (tertiary/aromatic N) is 1. The van der Waals surface area contributed by atoms with Gasteiger partial charge in [0.05, 0.1) is 25.6 Å². The molecule has 0 saturated carbocycles. The summed E-state index contributed by atoms with van der Waals surface area (Å²) in [5.41, 5.74) is 1.05. The Hall–Kier alpha value is -3.05. The Bertz CT molecular complexity index is 906. The molecule has 35 heavy (non-hydrogen) atoms. The molecular formula is C24H31N3O7S. The average Bonchev–Trinajstić information content (AvgIpc) is 3.37. The SMILES string of the molecule is O=C(CCC(=O)OCCc1ccccc1)NC(=S)N1CCNC(=O)C1CC(=O)OCC1CCCO1. The number of carbonyl (C=O) groups excluding carboxylic acids is 4. The molecule has 2 atom stereocenters. The van der Waals surface area contributed by atoms with Crippen LogP contribution in [-0.2, 0) is 39.8 Å². The topological polar surface area (TPSA) is 123 Å². The van der Waals surface area contributed by atoms with Crippen molar-refractivity contribution in [2.75, 3.05) is 32.9 Å². The molecule has 0 spiro atoms. The van der Waals surface area contributed by atoms with Gasteiger partial charge in [-0.1, -0.05) is 30.3 Å². The number of thiocarbonyl (C=S) groups is 1. The van der Waals surface area contributed by atoms with Crippen LogP contribution in [0.1, 0.15) is 37.7 Å². The Morgan fingerprint density at radius 3 is 2.69 bits per heavy atom. The van der Waals surface area contributed by atoms with E-state index in [9.17, 15) is 19.2 Å². The zero-order valence-electron chi connectivity index (χ0n) is 19.5. The second-order valence-electron chi connectivity index (χ2n) is 8.33. The minimum atomic E-state index is -0.892. The van der Waals surface area contributed by atoms with Gasteiger partial charge in [0.15, 0.2) is 5.11 Å². The molecule has 190 valence electrons. The highest BCUT2D eigenvalue weighted by molar-refractivity contribution is 7.80. The molecule has 11 heteroatoms. The van der Waals surface area contributed by atoms with Crippen molar-refractivity contribution in [2.45, 2.75) is 50.7 Å². The molecule has 2 N–H and O–H groups in total. The largest absolute Gasteiger partial charge is 0.465 e. The zero-order chi connectivity index (χ0) is 25.0. The molecule has 3 rings (SSSR count). The summed E-state index contributed by atoms with van der Waals surface area (Å²) in [7, 11) is 0. The maximum atomic E-state index is 12.4. The predicted octanol–water partition coefficient (Wildman–Crippen LogP) is 0.866. The fourth-order valence-electron chi connectivity index (χ4n) is 3.81. The fraction of sp³-hybridized carbons (Fsp3) is 0.542. The van der Waals surface area contributed by atoms with Gasteiger partial charge < -0.3 is 29.7 Å². The highest BCUT2D eigenvalue weighted by Crippen LogP contribution is 2.14. The van der Waals surface area contributed by atoms with Crippen molar-refractivity contribution in [1.82, 2.24) is 15.5 Å². The van der Waals surface area contributed by atoms with Crippen LogP contribution in [0.25, 0.3) is 0 Å². The minimum Gasteiger partial charge on any atom is -0.465 e. The number of benzene rings is 1. The van der Waals surface area contributed by atoms with Crippen LogP contribution >= 0.6 is 12.2 Å². The van der Waals surface area contributed by atoms with Crippen LogP contribution in [-0.4, -0.2) is 78.8 Å². The molecule has 10 nitrogen and oxygen atoms in total. The van der Waals surface area contributed by atoms with Crippen LogP contribution < -0.4 is 10.6 Å². The molecule has 2 heterocycles. The number of ether oxygens (including phenoxy) is 3. The molecule has 0 aliphatic carbocycles. The summed E-state index contributed by atoms with van der Waals surface area (Å²) in [6.45, 7) is 1.69. The lowest BCUT2D eigenvalue weighted by Gasteiger charge is -2.36. The van der Waals surface area contributed by atoms with Crippen LogP contribution in [0, 0.1) is 0 Å². The lowest BCUT2D eigenvalue weighted by Crippen LogP contribution is -2.60. The lowest BCUT2D eigenvalue weighted by molar-refractivity contribution is -0.150. The van der Waals surface area contributed by atoms with Crippen molar-refractivity contribution in [3.8, 4) is 0 Å². The summed E-state index contributed by atoms with van der Waals surface area (Å²) in [6.07, 6.45) is 1.84. The number of piperazine rings is 1. The van der Waals surface area contributed by atoms with Gasteiger partial charge in [0, 0.05) is 32.5 Å². The Labute approximate surface area is 209 Å². The van der Waals surface area contributed by atoms with Crippen LogP contribution in [0.2, 0.25) is 0 Å². The van der Waals surface area contributed by atoms with E-state index in [0.29, 0.717) is 26.1 Å². The second kappa shape index (κ2) is 13.7. The van der Waals surface area contributed by atoms with Gasteiger partial charge in [-0.25, -0.2) is 0 Å². The molecule has 2 aliphatic heterocycles. The van der Waals surface area contributed by atoms with E-state index in [4.69, 9.17) is 26.4 Å². The lowest BCUT2D eigenvalue weighted by atomic mass is 10.1. The number of hydrogen-bond donors (Lipinski definition) is 2. The van der Waals surface area contributed by atoms with Crippen molar-refractivity contribution >= 4 is 41.1 Å². The maximum absolute atomic E-state index is 12.4. The third-order valence-corrected chi connectivity index (χ3v) is 6.04. The molecular weight excluding hydrogens is 474 g/mol. The quantitative estimate of drug-likeness (QED) is 0.352. The number of esters is 2. The molecule has 1 aromatic carbocycles. The molecule has 2 fully saturated rings. The molecule has 0 aromatic heterocycles. The number of hydrogen-bond acceptors (Lipinski definition) is 8. The van der Waals surface area contributed by atoms with Crippen molar-refractivity contribution in [1.29, 1.82) is 0 Å². The van der Waals surface area contributed by atoms with E-state index in [0.717, 1.165) is 18.4 Å². The highest BCUT2D eigenvalue weighted by atomic mass is 32.1. The van der Waals surface area contributed by atoms with Gasteiger partial charge in [-0.05, 0) is 30.6 Å². The highest BCUT2D eigenvalue weighted by Gasteiger charge is 2.34. The normalized spacial score (nSPS) is 19.5. The number of carbonyl (C=O) groups is 4. The van der Waals surface area contributed by atoms with E-state index in [1.54, 1.807) is 0 Å². The first-order chi connectivity index (χ1) is 16.9. The molecule has 2 aliphatic rings. The molecule has 2 amide bonds. The van der Waals surface area contributed by atoms with E-state index in [2.05, 4.69) is 10.6 Å². The van der Waals surface area contributed by atoms with E-state index < -0.39 is 23.9 Å². The fourth-order valence-corrected chi connectivity index (χ4v) is 4.14. The van der Waals surface area contributed by atoms with Crippen molar-refractivity contribution in [3.63, 3.8) is 0 Å². The first-order valence-corrected chi connectivity index (χ1v) is 12.2. The Kier molecular flexibility index (Phi) is 10.4. The Morgan fingerprint density at radius 1 is 1.14 bits per heavy atom. The van der Waals surface area contributed by atoms with Crippen LogP contribution in [0.3, 0.4) is 0 Å². The smallest absolute Gasteiger partial charge is 0.308 e. The van der Waals surface area contributed by atoms with Crippen molar-refractivity contribution in [2.24, 2.45) is 0 Å². The van der Waals surface area contributed by atoms with Crippen molar-refractivity contribution < 1.29 is 33.4 Å². The number of amides is 2. The second-order valence-corrected chi connectivity index (χ2v) is 8.72. The Morgan fingerprint density at radius 2 is 1.94 bits per heavy atom. The van der Waals surface area contributed by atoms with Gasteiger partial charge >= 0.3 is 11.9 Å². The van der Waals surface area contributed by atoms with E-state index in [1.807, 2.05) is 30.3 Å². The minimum absolute atomic E-state index is 0.0271. The molecule has 2 saturated heterocycles. The third-order valence-electron chi connectivity index (χ3n) is 5.71. The van der Waals surface area contributed by atoms with Gasteiger partial charge in [0.2, 0.25) is 11.8 Å². The summed E-state index contributed by atoms with van der Waals surface area (Å²) in [5, 5.41) is 5.27. The van der Waals surface area contributed by atoms with Crippen molar-refractivity contribution in [3.05, 3.63) is 35.9 Å². The van der Waals surface area contributed by atoms with E-state index >= 15 is 0 Å². The van der Waals surface area contributed by atoms with Gasteiger partial charge in [0.1, 0.15) is 12.6 Å². The van der Waals surface area contributed by atoms with Crippen LogP contribution in [0.5, 0.6) is 0 Å². The first kappa shape index (κ1) is 26.6. The molecule has 0 bridgehead atoms. The van der Waals surface area contributed by atoms with E-state index in [1.165, 1.54) is 4.90 Å². The van der Waals surface area contributed by atoms with Gasteiger partial charge in [-0.3, -0.25) is 19.2 Å². The summed E-state index contributed by atoms with van der Waals surface area (Å²) >= 11 is 5.31. The van der Waals surface area contributed by atoms with Crippen LogP contribution in [0.15, 0.2) is 30.3 Å². The van der Waals surface area contributed by atoms with Gasteiger partial charge in [-0.2, -0.15) is 0 Å². The molecule has 0 radical (unpaired) electrons. The monoisotopic (exact) mass is 505 g/mol. The summed E-state index contributed by atoms with van der Waals surface area (Å²) in [4.78, 5) is 50.4. The standard InChI is InChI=1S/C24H31N3O7S/c28-20(8-9-21(29)33-14-10-17-5-2-1-3-6-17)26-24(35)27-12-11-25-23(31)19(27)15-22(30)34-16-18-7-4-13-32-18/h1-3,5-6,18-19H,4,7-16H2,(H,25,31)(H,26,28,35). The number of nitrogens with one attached hydrogen (secondary N) is 2. The number of rotatable bonds is 10.